The van der Waals surface area contributed by atoms with Gasteiger partial charge in [-0.3, -0.25) is 14.5 Å². The van der Waals surface area contributed by atoms with E-state index in [9.17, 15) is 14.0 Å². The molecule has 0 spiro atoms. The van der Waals surface area contributed by atoms with E-state index in [0.29, 0.717) is 28.2 Å². The smallest absolute Gasteiger partial charge is 0.261 e. The maximum Gasteiger partial charge on any atom is 0.261 e. The van der Waals surface area contributed by atoms with Crippen molar-refractivity contribution in [2.75, 3.05) is 13.2 Å². The Hall–Kier alpha value is -4.14. The molecule has 0 bridgehead atoms. The van der Waals surface area contributed by atoms with Crippen LogP contribution in [0.2, 0.25) is 0 Å². The highest BCUT2D eigenvalue weighted by molar-refractivity contribution is 6.21. The standard InChI is InChI=1S/C21H14FN5O3/c22-14-5-3-4-13(12-14)19-24-23-17-8-9-18(25-27(17)19)30-11-10-26-20(28)15-6-1-2-7-16(15)21(26)29/h1-9,12H,10-11H2. The first-order valence-corrected chi connectivity index (χ1v) is 9.18. The minimum Gasteiger partial charge on any atom is -0.475 e. The fourth-order valence-corrected chi connectivity index (χ4v) is 3.34. The van der Waals surface area contributed by atoms with Crippen LogP contribution in [0.5, 0.6) is 5.88 Å². The lowest BCUT2D eigenvalue weighted by atomic mass is 10.1. The van der Waals surface area contributed by atoms with E-state index in [1.54, 1.807) is 48.5 Å². The van der Waals surface area contributed by atoms with Crippen molar-refractivity contribution in [1.82, 2.24) is 24.7 Å². The minimum absolute atomic E-state index is 0.0708. The molecular weight excluding hydrogens is 389 g/mol. The van der Waals surface area contributed by atoms with Crippen LogP contribution in [0.3, 0.4) is 0 Å². The van der Waals surface area contributed by atoms with E-state index in [2.05, 4.69) is 15.3 Å². The first-order valence-electron chi connectivity index (χ1n) is 9.18. The zero-order valence-corrected chi connectivity index (χ0v) is 15.5. The molecular formula is C21H14FN5O3. The van der Waals surface area contributed by atoms with Crippen LogP contribution in [0.1, 0.15) is 20.7 Å². The number of carbonyl (C=O) groups excluding carboxylic acids is 2. The van der Waals surface area contributed by atoms with Gasteiger partial charge < -0.3 is 4.74 Å². The lowest BCUT2D eigenvalue weighted by Crippen LogP contribution is -2.33. The van der Waals surface area contributed by atoms with Crippen molar-refractivity contribution < 1.29 is 18.7 Å². The highest BCUT2D eigenvalue weighted by Gasteiger charge is 2.34. The quantitative estimate of drug-likeness (QED) is 0.476. The molecule has 3 heterocycles. The molecule has 0 aliphatic carbocycles. The van der Waals surface area contributed by atoms with Gasteiger partial charge in [0.05, 0.1) is 17.7 Å². The van der Waals surface area contributed by atoms with Crippen molar-refractivity contribution in [3.8, 4) is 17.3 Å². The molecule has 2 amide bonds. The van der Waals surface area contributed by atoms with Crippen LogP contribution in [0.15, 0.2) is 60.7 Å². The van der Waals surface area contributed by atoms with E-state index in [1.807, 2.05) is 0 Å². The van der Waals surface area contributed by atoms with Gasteiger partial charge in [0.2, 0.25) is 5.88 Å². The van der Waals surface area contributed by atoms with Gasteiger partial charge >= 0.3 is 0 Å². The molecule has 30 heavy (non-hydrogen) atoms. The van der Waals surface area contributed by atoms with E-state index in [-0.39, 0.29) is 30.8 Å². The average Bonchev–Trinajstić information content (AvgIpc) is 3.28. The summed E-state index contributed by atoms with van der Waals surface area (Å²) in [4.78, 5) is 26.0. The monoisotopic (exact) mass is 403 g/mol. The molecule has 0 saturated heterocycles. The molecule has 1 aliphatic rings. The van der Waals surface area contributed by atoms with E-state index in [0.717, 1.165) is 4.90 Å². The molecule has 0 atom stereocenters. The Kier molecular flexibility index (Phi) is 4.20. The Balaban J connectivity index is 1.33. The first-order chi connectivity index (χ1) is 14.6. The van der Waals surface area contributed by atoms with E-state index in [1.165, 1.54) is 16.6 Å². The zero-order valence-electron chi connectivity index (χ0n) is 15.5. The number of aromatic nitrogens is 4. The first kappa shape index (κ1) is 17.9. The number of benzene rings is 2. The number of rotatable bonds is 5. The largest absolute Gasteiger partial charge is 0.475 e. The summed E-state index contributed by atoms with van der Waals surface area (Å²) < 4.78 is 20.7. The Labute approximate surface area is 169 Å². The third kappa shape index (κ3) is 2.96. The number of fused-ring (bicyclic) bond motifs is 2. The van der Waals surface area contributed by atoms with E-state index >= 15 is 0 Å². The fraction of sp³-hybridized carbons (Fsp3) is 0.0952. The van der Waals surface area contributed by atoms with Gasteiger partial charge in [-0.25, -0.2) is 4.39 Å². The fourth-order valence-electron chi connectivity index (χ4n) is 3.34. The molecule has 0 N–H and O–H groups in total. The summed E-state index contributed by atoms with van der Waals surface area (Å²) in [7, 11) is 0. The van der Waals surface area contributed by atoms with Gasteiger partial charge in [0.15, 0.2) is 11.5 Å². The van der Waals surface area contributed by atoms with Crippen molar-refractivity contribution in [3.63, 3.8) is 0 Å². The van der Waals surface area contributed by atoms with Gasteiger partial charge in [-0.05, 0) is 30.3 Å². The third-order valence-electron chi connectivity index (χ3n) is 4.76. The zero-order chi connectivity index (χ0) is 20.7. The van der Waals surface area contributed by atoms with Crippen LogP contribution < -0.4 is 4.74 Å². The molecule has 1 aliphatic heterocycles. The number of ether oxygens (including phenoxy) is 1. The number of carbonyl (C=O) groups is 2. The second kappa shape index (κ2) is 7.03. The number of nitrogens with zero attached hydrogens (tertiary/aromatic N) is 5. The normalized spacial score (nSPS) is 13.2. The summed E-state index contributed by atoms with van der Waals surface area (Å²) in [6, 6.07) is 15.9. The average molecular weight is 403 g/mol. The van der Waals surface area contributed by atoms with Gasteiger partial charge in [-0.1, -0.05) is 24.3 Å². The third-order valence-corrected chi connectivity index (χ3v) is 4.76. The highest BCUT2D eigenvalue weighted by Crippen LogP contribution is 2.23. The van der Waals surface area contributed by atoms with Crippen molar-refractivity contribution >= 4 is 17.5 Å². The van der Waals surface area contributed by atoms with Crippen LogP contribution in [0.4, 0.5) is 4.39 Å². The molecule has 2 aromatic carbocycles. The number of imide groups is 1. The van der Waals surface area contributed by atoms with Crippen molar-refractivity contribution in [3.05, 3.63) is 77.6 Å². The predicted octanol–water partition coefficient (Wildman–Crippen LogP) is 2.61. The summed E-state index contributed by atoms with van der Waals surface area (Å²) in [5, 5.41) is 12.4. The molecule has 148 valence electrons. The van der Waals surface area contributed by atoms with Crippen LogP contribution in [-0.4, -0.2) is 49.7 Å². The highest BCUT2D eigenvalue weighted by atomic mass is 19.1. The lowest BCUT2D eigenvalue weighted by Gasteiger charge is -2.14. The second-order valence-corrected chi connectivity index (χ2v) is 6.63. The van der Waals surface area contributed by atoms with E-state index < -0.39 is 5.82 Å². The molecule has 0 unspecified atom stereocenters. The maximum absolute atomic E-state index is 13.6. The number of halogens is 1. The number of amides is 2. The molecule has 0 fully saturated rings. The molecule has 9 heteroatoms. The van der Waals surface area contributed by atoms with Gasteiger partial charge in [0.25, 0.3) is 11.8 Å². The van der Waals surface area contributed by atoms with Gasteiger partial charge in [-0.2, -0.15) is 4.52 Å². The Morgan fingerprint density at radius 2 is 1.67 bits per heavy atom. The van der Waals surface area contributed by atoms with Crippen LogP contribution in [-0.2, 0) is 0 Å². The molecule has 8 nitrogen and oxygen atoms in total. The van der Waals surface area contributed by atoms with Crippen LogP contribution in [0.25, 0.3) is 17.0 Å². The summed E-state index contributed by atoms with van der Waals surface area (Å²) in [6.07, 6.45) is 0. The Morgan fingerprint density at radius 1 is 0.900 bits per heavy atom. The topological polar surface area (TPSA) is 89.7 Å². The van der Waals surface area contributed by atoms with Crippen molar-refractivity contribution in [2.45, 2.75) is 0 Å². The molecule has 2 aromatic heterocycles. The van der Waals surface area contributed by atoms with Gasteiger partial charge in [0.1, 0.15) is 12.4 Å². The Bertz CT molecular complexity index is 1270. The van der Waals surface area contributed by atoms with Crippen molar-refractivity contribution in [2.24, 2.45) is 0 Å². The van der Waals surface area contributed by atoms with Crippen molar-refractivity contribution in [1.29, 1.82) is 0 Å². The summed E-state index contributed by atoms with van der Waals surface area (Å²) in [5.41, 5.74) is 1.79. The molecule has 4 aromatic rings. The maximum atomic E-state index is 13.6. The second-order valence-electron chi connectivity index (χ2n) is 6.63. The molecule has 5 rings (SSSR count). The van der Waals surface area contributed by atoms with Gasteiger partial charge in [0, 0.05) is 11.6 Å². The molecule has 0 radical (unpaired) electrons. The minimum atomic E-state index is -0.391. The summed E-state index contributed by atoms with van der Waals surface area (Å²) in [5.74, 6) is -0.436. The number of hydrogen-bond acceptors (Lipinski definition) is 6. The lowest BCUT2D eigenvalue weighted by molar-refractivity contribution is 0.0630. The SMILES string of the molecule is O=C1c2ccccc2C(=O)N1CCOc1ccc2nnc(-c3cccc(F)c3)n2n1. The number of hydrogen-bond donors (Lipinski definition) is 0. The predicted molar refractivity (Wildman–Crippen MR) is 103 cm³/mol. The summed E-state index contributed by atoms with van der Waals surface area (Å²) in [6.45, 7) is 0.159. The van der Waals surface area contributed by atoms with E-state index in [4.69, 9.17) is 4.74 Å². The van der Waals surface area contributed by atoms with Crippen LogP contribution in [0, 0.1) is 5.82 Å². The van der Waals surface area contributed by atoms with Crippen LogP contribution >= 0.6 is 0 Å². The Morgan fingerprint density at radius 3 is 2.40 bits per heavy atom. The van der Waals surface area contributed by atoms with Gasteiger partial charge in [-0.15, -0.1) is 15.3 Å². The molecule has 0 saturated carbocycles. The summed E-state index contributed by atoms with van der Waals surface area (Å²) >= 11 is 0.